The van der Waals surface area contributed by atoms with Crippen molar-refractivity contribution in [3.8, 4) is 11.3 Å². The van der Waals surface area contributed by atoms with Crippen molar-refractivity contribution in [3.63, 3.8) is 0 Å². The van der Waals surface area contributed by atoms with Gasteiger partial charge in [-0.1, -0.05) is 0 Å². The third-order valence-corrected chi connectivity index (χ3v) is 4.70. The summed E-state index contributed by atoms with van der Waals surface area (Å²) in [6, 6.07) is 2.70. The van der Waals surface area contributed by atoms with E-state index in [0.29, 0.717) is 25.6 Å². The van der Waals surface area contributed by atoms with Crippen LogP contribution in [0.15, 0.2) is 29.3 Å². The molecule has 2 aromatic heterocycles. The van der Waals surface area contributed by atoms with E-state index in [2.05, 4.69) is 9.97 Å². The molecule has 0 aromatic carbocycles. The lowest BCUT2D eigenvalue weighted by Gasteiger charge is -2.41. The Morgan fingerprint density at radius 3 is 2.66 bits per heavy atom. The highest BCUT2D eigenvalue weighted by molar-refractivity contribution is 5.69. The highest BCUT2D eigenvalue weighted by atomic mass is 19.1. The number of anilines is 1. The Kier molecular flexibility index (Phi) is 5.59. The third kappa shape index (κ3) is 4.55. The first kappa shape index (κ1) is 20.8. The Morgan fingerprint density at radius 1 is 1.31 bits per heavy atom. The number of rotatable bonds is 2. The summed E-state index contributed by atoms with van der Waals surface area (Å²) in [5.74, 6) is -0.109. The Bertz CT molecular complexity index is 969. The van der Waals surface area contributed by atoms with E-state index in [1.807, 2.05) is 32.6 Å². The lowest BCUT2D eigenvalue weighted by atomic mass is 10.1. The Morgan fingerprint density at radius 2 is 2.03 bits per heavy atom. The van der Waals surface area contributed by atoms with E-state index in [-0.39, 0.29) is 29.0 Å². The van der Waals surface area contributed by atoms with Crippen molar-refractivity contribution in [2.24, 2.45) is 7.05 Å². The molecule has 156 valence electrons. The number of carbonyl (C=O) groups is 1. The number of hydrogen-bond donors (Lipinski definition) is 0. The average molecular weight is 403 g/mol. The zero-order valence-corrected chi connectivity index (χ0v) is 17.3. The van der Waals surface area contributed by atoms with Gasteiger partial charge in [-0.05, 0) is 33.8 Å². The fourth-order valence-electron chi connectivity index (χ4n) is 3.25. The van der Waals surface area contributed by atoms with Gasteiger partial charge >= 0.3 is 6.09 Å². The van der Waals surface area contributed by atoms with Gasteiger partial charge in [0.1, 0.15) is 5.60 Å². The van der Waals surface area contributed by atoms with Gasteiger partial charge in [0.05, 0.1) is 11.9 Å². The van der Waals surface area contributed by atoms with Crippen LogP contribution in [-0.4, -0.2) is 56.8 Å². The molecule has 0 N–H and O–H groups in total. The number of halogens is 1. The number of carbonyl (C=O) groups excluding carboxylic acids is 1. The van der Waals surface area contributed by atoms with E-state index in [0.717, 1.165) is 6.20 Å². The first-order chi connectivity index (χ1) is 13.6. The van der Waals surface area contributed by atoms with Crippen molar-refractivity contribution >= 4 is 12.0 Å². The van der Waals surface area contributed by atoms with Gasteiger partial charge in [-0.25, -0.2) is 14.2 Å². The second-order valence-corrected chi connectivity index (χ2v) is 8.16. The molecule has 29 heavy (non-hydrogen) atoms. The van der Waals surface area contributed by atoms with Crippen molar-refractivity contribution in [2.75, 3.05) is 24.5 Å². The molecule has 2 aromatic rings. The minimum atomic E-state index is -0.564. The van der Waals surface area contributed by atoms with Crippen LogP contribution in [0.3, 0.4) is 0 Å². The molecule has 0 bridgehead atoms. The summed E-state index contributed by atoms with van der Waals surface area (Å²) in [7, 11) is 1.63. The van der Waals surface area contributed by atoms with Gasteiger partial charge in [-0.2, -0.15) is 0 Å². The van der Waals surface area contributed by atoms with Gasteiger partial charge in [-0.3, -0.25) is 14.3 Å². The lowest BCUT2D eigenvalue weighted by Crippen LogP contribution is -2.55. The summed E-state index contributed by atoms with van der Waals surface area (Å²) >= 11 is 0. The first-order valence-electron chi connectivity index (χ1n) is 9.49. The molecule has 1 fully saturated rings. The molecule has 0 radical (unpaired) electrons. The third-order valence-electron chi connectivity index (χ3n) is 4.70. The number of aromatic nitrogens is 3. The highest BCUT2D eigenvalue weighted by Crippen LogP contribution is 2.24. The van der Waals surface area contributed by atoms with Crippen LogP contribution in [-0.2, 0) is 11.8 Å². The number of pyridine rings is 1. The van der Waals surface area contributed by atoms with Crippen molar-refractivity contribution in [2.45, 2.75) is 39.3 Å². The van der Waals surface area contributed by atoms with Gasteiger partial charge in [0.15, 0.2) is 5.82 Å². The van der Waals surface area contributed by atoms with Crippen molar-refractivity contribution in [1.82, 2.24) is 19.4 Å². The van der Waals surface area contributed by atoms with Crippen LogP contribution in [0, 0.1) is 5.82 Å². The van der Waals surface area contributed by atoms with E-state index >= 15 is 0 Å². The molecule has 3 rings (SSSR count). The molecule has 1 aliphatic heterocycles. The zero-order valence-electron chi connectivity index (χ0n) is 17.3. The molecule has 8 nitrogen and oxygen atoms in total. The number of nitrogens with zero attached hydrogens (tertiary/aromatic N) is 5. The van der Waals surface area contributed by atoms with Crippen molar-refractivity contribution < 1.29 is 13.9 Å². The van der Waals surface area contributed by atoms with Gasteiger partial charge in [0.25, 0.3) is 5.56 Å². The summed E-state index contributed by atoms with van der Waals surface area (Å²) in [5, 5.41) is 0. The molecular weight excluding hydrogens is 377 g/mol. The van der Waals surface area contributed by atoms with Crippen LogP contribution in [0.2, 0.25) is 0 Å². The summed E-state index contributed by atoms with van der Waals surface area (Å²) in [6.07, 6.45) is 2.19. The summed E-state index contributed by atoms with van der Waals surface area (Å²) in [4.78, 5) is 36.8. The van der Waals surface area contributed by atoms with E-state index in [9.17, 15) is 14.0 Å². The predicted octanol–water partition coefficient (Wildman–Crippen LogP) is 2.43. The van der Waals surface area contributed by atoms with Crippen LogP contribution in [0.5, 0.6) is 0 Å². The van der Waals surface area contributed by atoms with E-state index in [1.165, 1.54) is 22.9 Å². The standard InChI is InChI=1S/C20H26FN5O3/c1-13-12-25(19(28)29-20(2,3)4)8-9-26(13)18-23-16(10-17(27)24(18)5)14-6-7-22-11-15(14)21/h6-7,10-11,13H,8-9,12H2,1-5H3/t13-/m0/s1. The number of amides is 1. The summed E-state index contributed by atoms with van der Waals surface area (Å²) in [5.41, 5.74) is -0.377. The maximum absolute atomic E-state index is 14.2. The maximum atomic E-state index is 14.2. The second kappa shape index (κ2) is 7.81. The molecule has 1 aliphatic rings. The first-order valence-corrected chi connectivity index (χ1v) is 9.49. The summed E-state index contributed by atoms with van der Waals surface area (Å²) in [6.45, 7) is 8.77. The largest absolute Gasteiger partial charge is 0.444 e. The number of hydrogen-bond acceptors (Lipinski definition) is 6. The molecule has 9 heteroatoms. The highest BCUT2D eigenvalue weighted by Gasteiger charge is 2.31. The topological polar surface area (TPSA) is 80.6 Å². The minimum Gasteiger partial charge on any atom is -0.444 e. The normalized spacial score (nSPS) is 17.4. The zero-order chi connectivity index (χ0) is 21.3. The monoisotopic (exact) mass is 403 g/mol. The van der Waals surface area contributed by atoms with Crippen LogP contribution >= 0.6 is 0 Å². The SMILES string of the molecule is C[C@H]1CN(C(=O)OC(C)(C)C)CCN1c1nc(-c2ccncc2F)cc(=O)n1C. The average Bonchev–Trinajstić information content (AvgIpc) is 2.63. The minimum absolute atomic E-state index is 0.105. The van der Waals surface area contributed by atoms with Crippen LogP contribution in [0.25, 0.3) is 11.3 Å². The van der Waals surface area contributed by atoms with E-state index in [4.69, 9.17) is 4.74 Å². The van der Waals surface area contributed by atoms with Crippen molar-refractivity contribution in [1.29, 1.82) is 0 Å². The molecule has 3 heterocycles. The van der Waals surface area contributed by atoms with Gasteiger partial charge in [0.2, 0.25) is 5.95 Å². The van der Waals surface area contributed by atoms with Crippen molar-refractivity contribution in [3.05, 3.63) is 40.7 Å². The molecule has 0 saturated carbocycles. The van der Waals surface area contributed by atoms with E-state index < -0.39 is 11.4 Å². The molecule has 1 atom stereocenters. The fraction of sp³-hybridized carbons (Fsp3) is 0.500. The molecule has 0 aliphatic carbocycles. The lowest BCUT2D eigenvalue weighted by molar-refractivity contribution is 0.0217. The second-order valence-electron chi connectivity index (χ2n) is 8.16. The van der Waals surface area contributed by atoms with Crippen LogP contribution in [0.4, 0.5) is 15.1 Å². The van der Waals surface area contributed by atoms with E-state index in [1.54, 1.807) is 11.9 Å². The molecule has 0 unspecified atom stereocenters. The van der Waals surface area contributed by atoms with Gasteiger partial charge in [-0.15, -0.1) is 0 Å². The molecule has 1 amide bonds. The maximum Gasteiger partial charge on any atom is 0.410 e. The number of ether oxygens (including phenoxy) is 1. The number of piperazine rings is 1. The van der Waals surface area contributed by atoms with Crippen LogP contribution < -0.4 is 10.5 Å². The Balaban J connectivity index is 1.87. The quantitative estimate of drug-likeness (QED) is 0.766. The predicted molar refractivity (Wildman–Crippen MR) is 107 cm³/mol. The fourth-order valence-corrected chi connectivity index (χ4v) is 3.25. The smallest absolute Gasteiger partial charge is 0.410 e. The molecule has 1 saturated heterocycles. The molecule has 0 spiro atoms. The van der Waals surface area contributed by atoms with Crippen LogP contribution in [0.1, 0.15) is 27.7 Å². The molecular formula is C20H26FN5O3. The Hall–Kier alpha value is -2.97. The van der Waals surface area contributed by atoms with Gasteiger partial charge in [0, 0.05) is 50.6 Å². The Labute approximate surface area is 168 Å². The summed E-state index contributed by atoms with van der Waals surface area (Å²) < 4.78 is 21.0. The van der Waals surface area contributed by atoms with Gasteiger partial charge < -0.3 is 14.5 Å².